The van der Waals surface area contributed by atoms with Gasteiger partial charge in [0.15, 0.2) is 17.5 Å². The van der Waals surface area contributed by atoms with Crippen LogP contribution in [0.4, 0.5) is 0 Å². The van der Waals surface area contributed by atoms with Gasteiger partial charge in [-0.1, -0.05) is 18.9 Å². The summed E-state index contributed by atoms with van der Waals surface area (Å²) in [6.45, 7) is 3.23. The number of nitrogens with one attached hydrogen (secondary N) is 2. The lowest BCUT2D eigenvalue weighted by molar-refractivity contribution is -0.148. The number of guanidine groups is 1. The number of nitrogens with zero attached hydrogens (tertiary/aromatic N) is 1. The molecule has 2 aliphatic rings. The Kier molecular flexibility index (Phi) is 11.8. The van der Waals surface area contributed by atoms with E-state index in [0.717, 1.165) is 50.8 Å². The Morgan fingerprint density at radius 2 is 1.97 bits per heavy atom. The Hall–Kier alpha value is -2.52. The number of carbonyl (C=O) groups is 1. The minimum Gasteiger partial charge on any atom is -0.504 e. The van der Waals surface area contributed by atoms with Gasteiger partial charge in [0.2, 0.25) is 0 Å². The molecule has 0 radical (unpaired) electrons. The predicted octanol–water partition coefficient (Wildman–Crippen LogP) is 3.01. The number of aromatic hydroxyl groups is 1. The first kappa shape index (κ1) is 29.0. The smallest absolute Gasteiger partial charge is 0.302 e. The van der Waals surface area contributed by atoms with Crippen LogP contribution in [0.2, 0.25) is 0 Å². The molecule has 9 nitrogen and oxygen atoms in total. The molecule has 1 aliphatic carbocycles. The van der Waals surface area contributed by atoms with Crippen LogP contribution < -0.4 is 21.1 Å². The molecule has 1 aromatic carbocycles. The van der Waals surface area contributed by atoms with Crippen molar-refractivity contribution in [1.29, 1.82) is 0 Å². The molecule has 1 saturated heterocycles. The average Bonchev–Trinajstić information content (AvgIpc) is 2.88. The third-order valence-corrected chi connectivity index (χ3v) is 7.58. The Bertz CT molecular complexity index is 874. The van der Waals surface area contributed by atoms with E-state index in [9.17, 15) is 15.0 Å². The molecule has 0 aromatic heterocycles. The first-order chi connectivity index (χ1) is 17.8. The highest BCUT2D eigenvalue weighted by Crippen LogP contribution is 2.31. The second kappa shape index (κ2) is 15.0. The van der Waals surface area contributed by atoms with Gasteiger partial charge in [0.1, 0.15) is 12.2 Å². The molecule has 2 fully saturated rings. The molecule has 1 saturated carbocycles. The molecular formula is C28H46N4O5. The van der Waals surface area contributed by atoms with Crippen molar-refractivity contribution in [3.8, 4) is 11.5 Å². The Labute approximate surface area is 221 Å². The van der Waals surface area contributed by atoms with Gasteiger partial charge in [-0.3, -0.25) is 9.79 Å². The van der Waals surface area contributed by atoms with Crippen molar-refractivity contribution < 1.29 is 24.5 Å². The second-order valence-electron chi connectivity index (χ2n) is 10.5. The maximum atomic E-state index is 11.8. The van der Waals surface area contributed by atoms with E-state index in [2.05, 4.69) is 15.6 Å². The average molecular weight is 519 g/mol. The largest absolute Gasteiger partial charge is 0.504 e. The lowest BCUT2D eigenvalue weighted by Gasteiger charge is -2.33. The lowest BCUT2D eigenvalue weighted by atomic mass is 9.81. The summed E-state index contributed by atoms with van der Waals surface area (Å²) in [6, 6.07) is 5.68. The number of aryl methyl sites for hydroxylation is 1. The molecule has 1 aromatic rings. The zero-order valence-electron chi connectivity index (χ0n) is 22.5. The fourth-order valence-electron chi connectivity index (χ4n) is 5.51. The van der Waals surface area contributed by atoms with Gasteiger partial charge in [0.05, 0.1) is 6.10 Å². The molecule has 0 amide bonds. The summed E-state index contributed by atoms with van der Waals surface area (Å²) in [5.41, 5.74) is 6.90. The Morgan fingerprint density at radius 3 is 2.70 bits per heavy atom. The van der Waals surface area contributed by atoms with E-state index in [0.29, 0.717) is 43.3 Å². The molecule has 37 heavy (non-hydrogen) atoms. The first-order valence-electron chi connectivity index (χ1n) is 13.9. The normalized spacial score (nSPS) is 22.7. The highest BCUT2D eigenvalue weighted by atomic mass is 16.5. The standard InChI is InChI=1S/C28H46N4O5/c1-19(33)36-24(18-22(34)10-9-21-5-3-4-6-25(21)32-28(29)30-2)11-7-20-8-12-26(35)27(17-20)37-23-13-15-31-16-14-23/h8,12,17,21-25,31,34-35H,3-7,9-11,13-16,18H2,1-2H3,(H3,29,30,32). The van der Waals surface area contributed by atoms with Gasteiger partial charge in [-0.2, -0.15) is 0 Å². The van der Waals surface area contributed by atoms with Crippen LogP contribution in [-0.4, -0.2) is 66.6 Å². The zero-order chi connectivity index (χ0) is 26.6. The number of phenolic OH excluding ortho intramolecular Hbond substituents is 1. The minimum absolute atomic E-state index is 0.0935. The number of ether oxygens (including phenoxy) is 2. The summed E-state index contributed by atoms with van der Waals surface area (Å²) in [5, 5.41) is 27.7. The van der Waals surface area contributed by atoms with Gasteiger partial charge in [-0.05, 0) is 88.1 Å². The SMILES string of the molecule is CN=C(N)NC1CCCCC1CCC(O)CC(CCc1ccc(O)c(OC2CCNCC2)c1)OC(C)=O. The van der Waals surface area contributed by atoms with Crippen LogP contribution in [0.15, 0.2) is 23.2 Å². The molecule has 6 N–H and O–H groups in total. The molecule has 4 unspecified atom stereocenters. The summed E-state index contributed by atoms with van der Waals surface area (Å²) in [4.78, 5) is 15.8. The monoisotopic (exact) mass is 518 g/mol. The second-order valence-corrected chi connectivity index (χ2v) is 10.5. The van der Waals surface area contributed by atoms with Gasteiger partial charge < -0.3 is 36.1 Å². The fourth-order valence-corrected chi connectivity index (χ4v) is 5.51. The van der Waals surface area contributed by atoms with Gasteiger partial charge in [0, 0.05) is 26.4 Å². The number of carbonyl (C=O) groups excluding carboxylic acids is 1. The third-order valence-electron chi connectivity index (χ3n) is 7.58. The molecule has 4 atom stereocenters. The number of rotatable bonds is 12. The number of piperidine rings is 1. The van der Waals surface area contributed by atoms with Gasteiger partial charge in [-0.15, -0.1) is 0 Å². The van der Waals surface area contributed by atoms with Gasteiger partial charge >= 0.3 is 5.97 Å². The fraction of sp³-hybridized carbons (Fsp3) is 0.714. The minimum atomic E-state index is -0.553. The Morgan fingerprint density at radius 1 is 1.22 bits per heavy atom. The van der Waals surface area contributed by atoms with E-state index in [1.165, 1.54) is 19.8 Å². The topological polar surface area (TPSA) is 138 Å². The van der Waals surface area contributed by atoms with Crippen molar-refractivity contribution in [2.24, 2.45) is 16.6 Å². The van der Waals surface area contributed by atoms with Crippen LogP contribution in [0.1, 0.15) is 76.7 Å². The van der Waals surface area contributed by atoms with E-state index >= 15 is 0 Å². The highest BCUT2D eigenvalue weighted by Gasteiger charge is 2.27. The van der Waals surface area contributed by atoms with Crippen LogP contribution in [0.25, 0.3) is 0 Å². The summed E-state index contributed by atoms with van der Waals surface area (Å²) >= 11 is 0. The number of aliphatic hydroxyl groups is 1. The van der Waals surface area contributed by atoms with Crippen molar-refractivity contribution in [1.82, 2.24) is 10.6 Å². The van der Waals surface area contributed by atoms with Crippen molar-refractivity contribution in [3.05, 3.63) is 23.8 Å². The third kappa shape index (κ3) is 10.0. The highest BCUT2D eigenvalue weighted by molar-refractivity contribution is 5.78. The number of phenols is 1. The van der Waals surface area contributed by atoms with Gasteiger partial charge in [0.25, 0.3) is 0 Å². The zero-order valence-corrected chi connectivity index (χ0v) is 22.5. The maximum absolute atomic E-state index is 11.8. The number of nitrogens with two attached hydrogens (primary N) is 1. The number of hydrogen-bond acceptors (Lipinski definition) is 7. The van der Waals surface area contributed by atoms with Crippen molar-refractivity contribution in [2.75, 3.05) is 20.1 Å². The number of benzene rings is 1. The summed E-state index contributed by atoms with van der Waals surface area (Å²) in [7, 11) is 1.68. The molecular weight excluding hydrogens is 472 g/mol. The van der Waals surface area contributed by atoms with E-state index in [1.807, 2.05) is 12.1 Å². The van der Waals surface area contributed by atoms with Crippen molar-refractivity contribution in [3.63, 3.8) is 0 Å². The summed E-state index contributed by atoms with van der Waals surface area (Å²) < 4.78 is 11.6. The van der Waals surface area contributed by atoms with Crippen LogP contribution in [0.5, 0.6) is 11.5 Å². The molecule has 9 heteroatoms. The van der Waals surface area contributed by atoms with Gasteiger partial charge in [-0.25, -0.2) is 0 Å². The van der Waals surface area contributed by atoms with Crippen LogP contribution >= 0.6 is 0 Å². The molecule has 1 aliphatic heterocycles. The van der Waals surface area contributed by atoms with Crippen molar-refractivity contribution in [2.45, 2.75) is 102 Å². The first-order valence-corrected chi connectivity index (χ1v) is 13.9. The molecule has 1 heterocycles. The molecule has 0 spiro atoms. The summed E-state index contributed by atoms with van der Waals surface area (Å²) in [6.07, 6.45) is 8.69. The van der Waals surface area contributed by atoms with Crippen LogP contribution in [-0.2, 0) is 16.0 Å². The quantitative estimate of drug-likeness (QED) is 0.162. The number of aliphatic hydroxyl groups excluding tert-OH is 1. The lowest BCUT2D eigenvalue weighted by Crippen LogP contribution is -2.45. The number of aliphatic imine (C=N–C) groups is 1. The Balaban J connectivity index is 1.51. The van der Waals surface area contributed by atoms with Crippen molar-refractivity contribution >= 4 is 11.9 Å². The molecule has 3 rings (SSSR count). The van der Waals surface area contributed by atoms with E-state index in [4.69, 9.17) is 15.2 Å². The maximum Gasteiger partial charge on any atom is 0.302 e. The number of hydrogen-bond donors (Lipinski definition) is 5. The van der Waals surface area contributed by atoms with E-state index in [-0.39, 0.29) is 30.0 Å². The predicted molar refractivity (Wildman–Crippen MR) is 145 cm³/mol. The molecule has 208 valence electrons. The number of esters is 1. The van der Waals surface area contributed by atoms with E-state index < -0.39 is 6.10 Å². The summed E-state index contributed by atoms with van der Waals surface area (Å²) in [5.74, 6) is 1.19. The van der Waals surface area contributed by atoms with E-state index in [1.54, 1.807) is 13.1 Å². The molecule has 0 bridgehead atoms. The van der Waals surface area contributed by atoms with Crippen LogP contribution in [0, 0.1) is 5.92 Å². The van der Waals surface area contributed by atoms with Crippen LogP contribution in [0.3, 0.4) is 0 Å².